The number of rotatable bonds is 14. The fraction of sp³-hybridized carbons (Fsp3) is 0.457. The first-order valence-electron chi connectivity index (χ1n) is 16.9. The highest BCUT2D eigenvalue weighted by Gasteiger charge is 2.24. The molecular weight excluding hydrogens is 611 g/mol. The van der Waals surface area contributed by atoms with Gasteiger partial charge < -0.3 is 37.2 Å². The number of nitrogen functional groups attached to an aromatic ring is 1. The van der Waals surface area contributed by atoms with E-state index in [1.807, 2.05) is 24.3 Å². The van der Waals surface area contributed by atoms with Gasteiger partial charge in [0.2, 0.25) is 0 Å². The van der Waals surface area contributed by atoms with Gasteiger partial charge in [0.25, 0.3) is 11.5 Å². The number of hydrogen-bond donors (Lipinski definition) is 5. The number of carbonyl (C=O) groups is 1. The molecule has 1 saturated heterocycles. The van der Waals surface area contributed by atoms with E-state index in [-0.39, 0.29) is 23.3 Å². The fourth-order valence-corrected chi connectivity index (χ4v) is 7.54. The summed E-state index contributed by atoms with van der Waals surface area (Å²) in [4.78, 5) is 37.2. The number of likely N-dealkylation sites (tertiary alicyclic amines) is 1. The fourth-order valence-electron chi connectivity index (χ4n) is 6.62. The third kappa shape index (κ3) is 8.02. The van der Waals surface area contributed by atoms with Crippen LogP contribution in [0.1, 0.15) is 47.3 Å². The second-order valence-corrected chi connectivity index (χ2v) is 13.5. The highest BCUT2D eigenvalue weighted by Crippen LogP contribution is 2.36. The van der Waals surface area contributed by atoms with Crippen LogP contribution in [0.3, 0.4) is 0 Å². The molecule has 2 aliphatic heterocycles. The first kappa shape index (κ1) is 33.1. The number of amides is 1. The average molecular weight is 658 g/mol. The highest BCUT2D eigenvalue weighted by atomic mass is 32.1. The molecule has 0 saturated carbocycles. The van der Waals surface area contributed by atoms with Gasteiger partial charge in [-0.1, -0.05) is 24.3 Å². The normalized spacial score (nSPS) is 15.6. The lowest BCUT2D eigenvalue weighted by atomic mass is 10.00. The first-order chi connectivity index (χ1) is 23.0. The molecule has 11 nitrogen and oxygen atoms in total. The minimum Gasteiger partial charge on any atom is -0.379 e. The maximum Gasteiger partial charge on any atom is 0.298 e. The van der Waals surface area contributed by atoms with Gasteiger partial charge >= 0.3 is 0 Å². The van der Waals surface area contributed by atoms with Crippen LogP contribution in [-0.4, -0.2) is 85.3 Å². The van der Waals surface area contributed by atoms with Crippen LogP contribution in [0.5, 0.6) is 0 Å². The van der Waals surface area contributed by atoms with Gasteiger partial charge in [0.1, 0.15) is 4.83 Å². The number of piperidine rings is 1. The summed E-state index contributed by atoms with van der Waals surface area (Å²) in [7, 11) is 0. The van der Waals surface area contributed by atoms with Gasteiger partial charge in [0.15, 0.2) is 5.82 Å². The zero-order chi connectivity index (χ0) is 32.6. The topological polar surface area (TPSA) is 147 Å². The van der Waals surface area contributed by atoms with Crippen molar-refractivity contribution in [3.63, 3.8) is 0 Å². The molecule has 4 aromatic rings. The molecule has 6 rings (SSSR count). The summed E-state index contributed by atoms with van der Waals surface area (Å²) in [5.41, 5.74) is 16.0. The summed E-state index contributed by atoms with van der Waals surface area (Å²) in [5.74, 6) is -0.207. The number of benzene rings is 2. The van der Waals surface area contributed by atoms with Crippen LogP contribution in [0.15, 0.2) is 59.4 Å². The number of aromatic nitrogens is 2. The summed E-state index contributed by atoms with van der Waals surface area (Å²) in [6.07, 6.45) is 6.09. The smallest absolute Gasteiger partial charge is 0.298 e. The summed E-state index contributed by atoms with van der Waals surface area (Å²) >= 11 is 1.28. The van der Waals surface area contributed by atoms with Crippen LogP contribution in [0.2, 0.25) is 0 Å². The van der Waals surface area contributed by atoms with Crippen molar-refractivity contribution >= 4 is 44.8 Å². The van der Waals surface area contributed by atoms with Crippen molar-refractivity contribution in [3.05, 3.63) is 75.4 Å². The standard InChI is InChI=1S/C35H47N9O2S/c36-14-18-39-16-5-15-38-17-6-19-42-21-12-26(13-22-42)40-33(45)31-24-30-34(47-31)41-32(37)35(46)44(30)28-11-10-25-7-4-20-43(29(25)23-28)27-8-2-1-3-9-27/h1-3,8-11,23-24,26,38-39H,4-7,12-22,36H2,(H2,37,41)(H,40,45). The number of thiophene rings is 1. The number of nitrogens with two attached hydrogens (primary N) is 2. The Bertz CT molecular complexity index is 1700. The molecule has 2 aromatic carbocycles. The number of aryl methyl sites for hydroxylation is 1. The number of hydrogen-bond acceptors (Lipinski definition) is 10. The maximum atomic E-state index is 13.5. The predicted octanol–water partition coefficient (Wildman–Crippen LogP) is 3.23. The van der Waals surface area contributed by atoms with Crippen LogP contribution in [0.25, 0.3) is 16.0 Å². The van der Waals surface area contributed by atoms with Gasteiger partial charge in [-0.3, -0.25) is 14.2 Å². The molecule has 0 unspecified atom stereocenters. The number of carbonyl (C=O) groups excluding carboxylic acids is 1. The summed E-state index contributed by atoms with van der Waals surface area (Å²) < 4.78 is 1.61. The third-order valence-electron chi connectivity index (χ3n) is 9.09. The molecule has 2 aliphatic rings. The predicted molar refractivity (Wildman–Crippen MR) is 192 cm³/mol. The third-order valence-corrected chi connectivity index (χ3v) is 10.1. The maximum absolute atomic E-state index is 13.5. The zero-order valence-corrected chi connectivity index (χ0v) is 27.9. The first-order valence-corrected chi connectivity index (χ1v) is 17.8. The van der Waals surface area contributed by atoms with E-state index in [9.17, 15) is 9.59 Å². The van der Waals surface area contributed by atoms with Crippen LogP contribution >= 0.6 is 11.3 Å². The lowest BCUT2D eigenvalue weighted by Crippen LogP contribution is -2.45. The molecule has 4 heterocycles. The molecular formula is C35H47N9O2S. The molecule has 0 aliphatic carbocycles. The van der Waals surface area contributed by atoms with Crippen LogP contribution in [0, 0.1) is 0 Å². The quantitative estimate of drug-likeness (QED) is 0.129. The van der Waals surface area contributed by atoms with Crippen LogP contribution < -0.4 is 37.9 Å². The van der Waals surface area contributed by atoms with Crippen molar-refractivity contribution in [3.8, 4) is 5.69 Å². The number of nitrogens with one attached hydrogen (secondary N) is 3. The van der Waals surface area contributed by atoms with Crippen molar-refractivity contribution in [2.24, 2.45) is 5.73 Å². The Hall–Kier alpha value is -3.81. The Morgan fingerprint density at radius 2 is 1.70 bits per heavy atom. The highest BCUT2D eigenvalue weighted by molar-refractivity contribution is 7.20. The van der Waals surface area contributed by atoms with Crippen molar-refractivity contribution in [2.45, 2.75) is 44.6 Å². The summed E-state index contributed by atoms with van der Waals surface area (Å²) in [5, 5.41) is 10.1. The second-order valence-electron chi connectivity index (χ2n) is 12.4. The van der Waals surface area contributed by atoms with Crippen molar-refractivity contribution in [2.75, 3.05) is 69.5 Å². The Balaban J connectivity index is 1.09. The zero-order valence-electron chi connectivity index (χ0n) is 27.0. The van der Waals surface area contributed by atoms with E-state index in [1.54, 1.807) is 10.6 Å². The largest absolute Gasteiger partial charge is 0.379 e. The molecule has 2 aromatic heterocycles. The van der Waals surface area contributed by atoms with E-state index in [4.69, 9.17) is 11.5 Å². The van der Waals surface area contributed by atoms with Gasteiger partial charge in [-0.05, 0) is 101 Å². The van der Waals surface area contributed by atoms with Crippen molar-refractivity contribution < 1.29 is 4.79 Å². The minimum atomic E-state index is -0.383. The van der Waals surface area contributed by atoms with E-state index in [0.717, 1.165) is 102 Å². The summed E-state index contributed by atoms with van der Waals surface area (Å²) in [6.45, 7) is 8.48. The Morgan fingerprint density at radius 3 is 2.49 bits per heavy atom. The van der Waals surface area contributed by atoms with Gasteiger partial charge in [0, 0.05) is 50.1 Å². The van der Waals surface area contributed by atoms with Crippen LogP contribution in [0.4, 0.5) is 17.2 Å². The average Bonchev–Trinajstić information content (AvgIpc) is 3.52. The van der Waals surface area contributed by atoms with Crippen LogP contribution in [-0.2, 0) is 6.42 Å². The van der Waals surface area contributed by atoms with E-state index in [1.165, 1.54) is 16.9 Å². The molecule has 250 valence electrons. The van der Waals surface area contributed by atoms with Gasteiger partial charge in [0.05, 0.1) is 16.1 Å². The number of para-hydroxylation sites is 1. The van der Waals surface area contributed by atoms with E-state index in [2.05, 4.69) is 55.0 Å². The molecule has 0 bridgehead atoms. The molecule has 47 heavy (non-hydrogen) atoms. The summed E-state index contributed by atoms with van der Waals surface area (Å²) in [6, 6.07) is 18.3. The SMILES string of the molecule is NCCNCCCNCCCN1CCC(NC(=O)c2cc3c(nc(N)c(=O)n3-c3ccc4c(c3)N(c3ccccc3)CCC4)s2)CC1. The lowest BCUT2D eigenvalue weighted by molar-refractivity contribution is 0.0915. The lowest BCUT2D eigenvalue weighted by Gasteiger charge is -2.32. The molecule has 7 N–H and O–H groups in total. The van der Waals surface area contributed by atoms with E-state index in [0.29, 0.717) is 27.5 Å². The molecule has 1 fully saturated rings. The molecule has 12 heteroatoms. The van der Waals surface area contributed by atoms with Gasteiger partial charge in [-0.25, -0.2) is 4.98 Å². The Kier molecular flexibility index (Phi) is 11.2. The van der Waals surface area contributed by atoms with E-state index < -0.39 is 0 Å². The minimum absolute atomic E-state index is 0.0777. The molecule has 1 amide bonds. The Morgan fingerprint density at radius 1 is 0.936 bits per heavy atom. The molecule has 0 radical (unpaired) electrons. The van der Waals surface area contributed by atoms with Crippen molar-refractivity contribution in [1.82, 2.24) is 30.4 Å². The number of nitrogens with zero attached hydrogens (tertiary/aromatic N) is 4. The van der Waals surface area contributed by atoms with Gasteiger partial charge in [-0.15, -0.1) is 11.3 Å². The number of anilines is 3. The number of fused-ring (bicyclic) bond motifs is 2. The van der Waals surface area contributed by atoms with E-state index >= 15 is 0 Å². The molecule has 0 atom stereocenters. The second kappa shape index (κ2) is 15.9. The molecule has 0 spiro atoms. The Labute approximate surface area is 280 Å². The van der Waals surface area contributed by atoms with Gasteiger partial charge in [-0.2, -0.15) is 0 Å². The monoisotopic (exact) mass is 657 g/mol. The van der Waals surface area contributed by atoms with Crippen molar-refractivity contribution in [1.29, 1.82) is 0 Å².